The minimum Gasteiger partial charge on any atom is -0.321 e. The van der Waals surface area contributed by atoms with Gasteiger partial charge in [-0.15, -0.1) is 11.3 Å². The van der Waals surface area contributed by atoms with Crippen LogP contribution in [0.25, 0.3) is 11.1 Å². The Labute approximate surface area is 127 Å². The van der Waals surface area contributed by atoms with Crippen LogP contribution in [0.5, 0.6) is 0 Å². The van der Waals surface area contributed by atoms with Crippen molar-refractivity contribution in [3.05, 3.63) is 76.0 Å². The van der Waals surface area contributed by atoms with Crippen LogP contribution in [0.1, 0.15) is 20.8 Å². The molecule has 4 rings (SSSR count). The highest BCUT2D eigenvalue weighted by atomic mass is 32.1. The molecule has 0 radical (unpaired) electrons. The van der Waals surface area contributed by atoms with Gasteiger partial charge in [-0.05, 0) is 52.3 Å². The smallest absolute Gasteiger partial charge is 0.265 e. The predicted molar refractivity (Wildman–Crippen MR) is 87.0 cm³/mol. The van der Waals surface area contributed by atoms with Gasteiger partial charge in [0.1, 0.15) is 0 Å². The van der Waals surface area contributed by atoms with E-state index in [1.54, 1.807) is 0 Å². The molecular weight excluding hydrogens is 278 g/mol. The lowest BCUT2D eigenvalue weighted by atomic mass is 10.1. The zero-order valence-corrected chi connectivity index (χ0v) is 12.1. The van der Waals surface area contributed by atoms with Crippen LogP contribution in [-0.2, 0) is 6.42 Å². The van der Waals surface area contributed by atoms with E-state index in [4.69, 9.17) is 0 Å². The van der Waals surface area contributed by atoms with Crippen LogP contribution in [0.15, 0.2) is 60.0 Å². The second-order valence-electron chi connectivity index (χ2n) is 5.14. The van der Waals surface area contributed by atoms with Gasteiger partial charge >= 0.3 is 0 Å². The van der Waals surface area contributed by atoms with Gasteiger partial charge < -0.3 is 5.32 Å². The van der Waals surface area contributed by atoms with E-state index in [1.807, 2.05) is 23.6 Å². The molecule has 1 heterocycles. The van der Waals surface area contributed by atoms with Gasteiger partial charge in [-0.3, -0.25) is 4.79 Å². The topological polar surface area (TPSA) is 29.1 Å². The van der Waals surface area contributed by atoms with Gasteiger partial charge in [0.2, 0.25) is 0 Å². The Balaban J connectivity index is 1.67. The van der Waals surface area contributed by atoms with Crippen molar-refractivity contribution in [1.29, 1.82) is 0 Å². The van der Waals surface area contributed by atoms with Crippen LogP contribution in [0.4, 0.5) is 5.69 Å². The van der Waals surface area contributed by atoms with Crippen LogP contribution >= 0.6 is 11.3 Å². The molecule has 2 nitrogen and oxygen atoms in total. The number of anilines is 1. The Hall–Kier alpha value is -2.39. The summed E-state index contributed by atoms with van der Waals surface area (Å²) in [7, 11) is 0. The number of thiophene rings is 1. The highest BCUT2D eigenvalue weighted by Gasteiger charge is 2.18. The molecule has 0 fully saturated rings. The van der Waals surface area contributed by atoms with Gasteiger partial charge in [0.15, 0.2) is 0 Å². The lowest BCUT2D eigenvalue weighted by Crippen LogP contribution is -2.10. The molecule has 0 aliphatic heterocycles. The molecule has 0 spiro atoms. The minimum atomic E-state index is -0.0452. The molecule has 0 atom stereocenters. The maximum atomic E-state index is 12.1. The molecule has 2 aromatic carbocycles. The van der Waals surface area contributed by atoms with Gasteiger partial charge in [0, 0.05) is 5.69 Å². The summed E-state index contributed by atoms with van der Waals surface area (Å²) in [5.74, 6) is -0.0452. The van der Waals surface area contributed by atoms with E-state index in [2.05, 4.69) is 41.7 Å². The van der Waals surface area contributed by atoms with E-state index in [9.17, 15) is 4.79 Å². The molecule has 0 saturated heterocycles. The van der Waals surface area contributed by atoms with Crippen molar-refractivity contribution in [3.8, 4) is 11.1 Å². The molecule has 0 bridgehead atoms. The standard InChI is InChI=1S/C18H13NOS/c20-18(17-6-3-9-21-17)19-14-8-7-13-10-12-4-1-2-5-15(12)16(13)11-14/h1-9,11H,10H2,(H,19,20). The first kappa shape index (κ1) is 12.4. The molecule has 0 saturated carbocycles. The molecule has 1 aliphatic rings. The fourth-order valence-corrected chi connectivity index (χ4v) is 3.42. The number of amides is 1. The normalized spacial score (nSPS) is 11.8. The van der Waals surface area contributed by atoms with Crippen molar-refractivity contribution in [3.63, 3.8) is 0 Å². The monoisotopic (exact) mass is 291 g/mol. The first-order chi connectivity index (χ1) is 10.3. The van der Waals surface area contributed by atoms with E-state index >= 15 is 0 Å². The van der Waals surface area contributed by atoms with Crippen molar-refractivity contribution < 1.29 is 4.79 Å². The Morgan fingerprint density at radius 1 is 0.952 bits per heavy atom. The third-order valence-corrected chi connectivity index (χ3v) is 4.67. The Bertz CT molecular complexity index is 821. The molecule has 3 aromatic rings. The summed E-state index contributed by atoms with van der Waals surface area (Å²) in [6.07, 6.45) is 0.977. The van der Waals surface area contributed by atoms with Crippen molar-refractivity contribution in [2.75, 3.05) is 5.32 Å². The largest absolute Gasteiger partial charge is 0.321 e. The lowest BCUT2D eigenvalue weighted by Gasteiger charge is -2.07. The predicted octanol–water partition coefficient (Wildman–Crippen LogP) is 4.57. The molecule has 21 heavy (non-hydrogen) atoms. The molecule has 1 aromatic heterocycles. The zero-order chi connectivity index (χ0) is 14.2. The van der Waals surface area contributed by atoms with Crippen molar-refractivity contribution >= 4 is 22.9 Å². The zero-order valence-electron chi connectivity index (χ0n) is 11.3. The van der Waals surface area contributed by atoms with Gasteiger partial charge in [-0.1, -0.05) is 36.4 Å². The number of hydrogen-bond acceptors (Lipinski definition) is 2. The second kappa shape index (κ2) is 4.86. The highest BCUT2D eigenvalue weighted by molar-refractivity contribution is 7.12. The van der Waals surface area contributed by atoms with Gasteiger partial charge in [0.25, 0.3) is 5.91 Å². The van der Waals surface area contributed by atoms with Crippen molar-refractivity contribution in [1.82, 2.24) is 0 Å². The molecule has 1 amide bonds. The molecule has 0 unspecified atom stereocenters. The van der Waals surface area contributed by atoms with E-state index in [0.29, 0.717) is 0 Å². The number of benzene rings is 2. The Morgan fingerprint density at radius 3 is 2.67 bits per heavy atom. The number of rotatable bonds is 2. The first-order valence-electron chi connectivity index (χ1n) is 6.87. The molecule has 1 N–H and O–H groups in total. The average molecular weight is 291 g/mol. The maximum absolute atomic E-state index is 12.1. The Kier molecular flexibility index (Phi) is 2.86. The fraction of sp³-hybridized carbons (Fsp3) is 0.0556. The van der Waals surface area contributed by atoms with Crippen LogP contribution in [-0.4, -0.2) is 5.91 Å². The third kappa shape index (κ3) is 2.16. The van der Waals surface area contributed by atoms with Gasteiger partial charge in [0.05, 0.1) is 4.88 Å². The molecule has 1 aliphatic carbocycles. The average Bonchev–Trinajstić information content (AvgIpc) is 3.14. The summed E-state index contributed by atoms with van der Waals surface area (Å²) >= 11 is 1.45. The number of carbonyl (C=O) groups excluding carboxylic acids is 1. The summed E-state index contributed by atoms with van der Waals surface area (Å²) in [4.78, 5) is 12.9. The van der Waals surface area contributed by atoms with Gasteiger partial charge in [-0.2, -0.15) is 0 Å². The summed E-state index contributed by atoms with van der Waals surface area (Å²) in [5, 5.41) is 4.89. The number of hydrogen-bond donors (Lipinski definition) is 1. The fourth-order valence-electron chi connectivity index (χ4n) is 2.80. The summed E-state index contributed by atoms with van der Waals surface area (Å²) in [6, 6.07) is 18.3. The summed E-state index contributed by atoms with van der Waals surface area (Å²) in [6.45, 7) is 0. The van der Waals surface area contributed by atoms with E-state index in [-0.39, 0.29) is 5.91 Å². The minimum absolute atomic E-state index is 0.0452. The number of fused-ring (bicyclic) bond motifs is 3. The summed E-state index contributed by atoms with van der Waals surface area (Å²) in [5.41, 5.74) is 6.04. The maximum Gasteiger partial charge on any atom is 0.265 e. The van der Waals surface area contributed by atoms with E-state index in [1.165, 1.54) is 33.6 Å². The van der Waals surface area contributed by atoms with Crippen LogP contribution < -0.4 is 5.32 Å². The number of carbonyl (C=O) groups is 1. The van der Waals surface area contributed by atoms with E-state index < -0.39 is 0 Å². The van der Waals surface area contributed by atoms with Crippen LogP contribution in [0, 0.1) is 0 Å². The van der Waals surface area contributed by atoms with E-state index in [0.717, 1.165) is 17.0 Å². The first-order valence-corrected chi connectivity index (χ1v) is 7.75. The van der Waals surface area contributed by atoms with Crippen molar-refractivity contribution in [2.45, 2.75) is 6.42 Å². The second-order valence-corrected chi connectivity index (χ2v) is 6.08. The van der Waals surface area contributed by atoms with Crippen molar-refractivity contribution in [2.24, 2.45) is 0 Å². The van der Waals surface area contributed by atoms with Gasteiger partial charge in [-0.25, -0.2) is 0 Å². The SMILES string of the molecule is O=C(Nc1ccc2c(c1)-c1ccccc1C2)c1cccs1. The Morgan fingerprint density at radius 2 is 1.81 bits per heavy atom. The van der Waals surface area contributed by atoms with Crippen LogP contribution in [0.3, 0.4) is 0 Å². The quantitative estimate of drug-likeness (QED) is 0.576. The third-order valence-electron chi connectivity index (χ3n) is 3.80. The highest BCUT2D eigenvalue weighted by Crippen LogP contribution is 2.37. The summed E-state index contributed by atoms with van der Waals surface area (Å²) < 4.78 is 0. The molecule has 102 valence electrons. The lowest BCUT2D eigenvalue weighted by molar-refractivity contribution is 0.103. The molecule has 3 heteroatoms. The van der Waals surface area contributed by atoms with Crippen LogP contribution in [0.2, 0.25) is 0 Å². The molecular formula is C18H13NOS. The number of nitrogens with one attached hydrogen (secondary N) is 1.